The fourth-order valence-electron chi connectivity index (χ4n) is 2.99. The number of benzene rings is 3. The standard InChI is InChI=1S/C23H24N2O4S/c1-25(17-19-11-7-4-8-12-19)30(27,28)22-15-20(13-14-21(22)29-2)23(26)24-16-18-9-5-3-6-10-18/h3-15H,16-17H2,1-2H3,(H,24,26). The van der Waals surface area contributed by atoms with Gasteiger partial charge in [0.2, 0.25) is 10.0 Å². The average molecular weight is 425 g/mol. The van der Waals surface area contributed by atoms with Gasteiger partial charge in [0.15, 0.2) is 0 Å². The number of carbonyl (C=O) groups excluding carboxylic acids is 1. The molecule has 0 atom stereocenters. The highest BCUT2D eigenvalue weighted by Crippen LogP contribution is 2.28. The van der Waals surface area contributed by atoms with E-state index in [9.17, 15) is 13.2 Å². The number of sulfonamides is 1. The second-order valence-electron chi connectivity index (χ2n) is 6.78. The third kappa shape index (κ3) is 5.06. The number of carbonyl (C=O) groups is 1. The van der Waals surface area contributed by atoms with Crippen LogP contribution in [0.3, 0.4) is 0 Å². The summed E-state index contributed by atoms with van der Waals surface area (Å²) in [4.78, 5) is 12.6. The lowest BCUT2D eigenvalue weighted by Crippen LogP contribution is -2.28. The van der Waals surface area contributed by atoms with Gasteiger partial charge in [-0.05, 0) is 29.3 Å². The van der Waals surface area contributed by atoms with Crippen LogP contribution in [0.25, 0.3) is 0 Å². The second kappa shape index (κ2) is 9.56. The van der Waals surface area contributed by atoms with Gasteiger partial charge in [-0.25, -0.2) is 8.42 Å². The Bertz CT molecular complexity index is 1100. The summed E-state index contributed by atoms with van der Waals surface area (Å²) in [5.74, 6) is -0.168. The monoisotopic (exact) mass is 424 g/mol. The van der Waals surface area contributed by atoms with Gasteiger partial charge in [-0.2, -0.15) is 4.31 Å². The number of methoxy groups -OCH3 is 1. The van der Waals surface area contributed by atoms with Crippen molar-refractivity contribution in [3.05, 3.63) is 95.6 Å². The van der Waals surface area contributed by atoms with Gasteiger partial charge in [-0.15, -0.1) is 0 Å². The summed E-state index contributed by atoms with van der Waals surface area (Å²) < 4.78 is 32.9. The third-order valence-electron chi connectivity index (χ3n) is 4.66. The van der Waals surface area contributed by atoms with Crippen molar-refractivity contribution in [3.63, 3.8) is 0 Å². The van der Waals surface area contributed by atoms with Crippen molar-refractivity contribution >= 4 is 15.9 Å². The van der Waals surface area contributed by atoms with Crippen LogP contribution in [0.4, 0.5) is 0 Å². The Hall–Kier alpha value is -3.16. The summed E-state index contributed by atoms with van der Waals surface area (Å²) in [5.41, 5.74) is 2.06. The minimum Gasteiger partial charge on any atom is -0.495 e. The van der Waals surface area contributed by atoms with Crippen LogP contribution in [0.15, 0.2) is 83.8 Å². The number of hydrogen-bond donors (Lipinski definition) is 1. The lowest BCUT2D eigenvalue weighted by molar-refractivity contribution is 0.0950. The molecule has 0 bridgehead atoms. The van der Waals surface area contributed by atoms with E-state index in [4.69, 9.17) is 4.74 Å². The maximum atomic E-state index is 13.2. The molecular weight excluding hydrogens is 400 g/mol. The first kappa shape index (κ1) is 21.5. The minimum absolute atomic E-state index is 0.0456. The minimum atomic E-state index is -3.87. The normalized spacial score (nSPS) is 11.3. The first-order valence-corrected chi connectivity index (χ1v) is 10.9. The molecule has 0 saturated carbocycles. The summed E-state index contributed by atoms with van der Waals surface area (Å²) >= 11 is 0. The van der Waals surface area contributed by atoms with Gasteiger partial charge in [0.05, 0.1) is 7.11 Å². The van der Waals surface area contributed by atoms with E-state index in [2.05, 4.69) is 5.32 Å². The van der Waals surface area contributed by atoms with Crippen molar-refractivity contribution in [1.29, 1.82) is 0 Å². The van der Waals surface area contributed by atoms with E-state index in [1.807, 2.05) is 60.7 Å². The third-order valence-corrected chi connectivity index (χ3v) is 6.48. The summed E-state index contributed by atoms with van der Waals surface area (Å²) in [7, 11) is -0.967. The number of ether oxygens (including phenoxy) is 1. The highest BCUT2D eigenvalue weighted by Gasteiger charge is 2.26. The Morgan fingerprint density at radius 2 is 1.53 bits per heavy atom. The molecule has 0 aromatic heterocycles. The molecule has 0 aliphatic heterocycles. The van der Waals surface area contributed by atoms with Crippen molar-refractivity contribution in [2.45, 2.75) is 18.0 Å². The van der Waals surface area contributed by atoms with Crippen LogP contribution in [0.1, 0.15) is 21.5 Å². The number of amides is 1. The molecule has 0 aliphatic carbocycles. The Morgan fingerprint density at radius 1 is 0.933 bits per heavy atom. The maximum absolute atomic E-state index is 13.2. The smallest absolute Gasteiger partial charge is 0.251 e. The van der Waals surface area contributed by atoms with Crippen molar-refractivity contribution in [2.24, 2.45) is 0 Å². The van der Waals surface area contributed by atoms with E-state index in [0.29, 0.717) is 6.54 Å². The second-order valence-corrected chi connectivity index (χ2v) is 8.79. The predicted molar refractivity (Wildman–Crippen MR) is 116 cm³/mol. The Morgan fingerprint density at radius 3 is 2.13 bits per heavy atom. The summed E-state index contributed by atoms with van der Waals surface area (Å²) in [6.45, 7) is 0.554. The first-order valence-electron chi connectivity index (χ1n) is 9.42. The zero-order valence-corrected chi connectivity index (χ0v) is 17.7. The molecule has 156 valence electrons. The molecule has 3 aromatic carbocycles. The Kier molecular flexibility index (Phi) is 6.87. The number of rotatable bonds is 8. The van der Waals surface area contributed by atoms with E-state index in [1.54, 1.807) is 6.07 Å². The van der Waals surface area contributed by atoms with Crippen molar-refractivity contribution in [1.82, 2.24) is 9.62 Å². The SMILES string of the molecule is COc1ccc(C(=O)NCc2ccccc2)cc1S(=O)(=O)N(C)Cc1ccccc1. The highest BCUT2D eigenvalue weighted by atomic mass is 32.2. The van der Waals surface area contributed by atoms with Crippen LogP contribution in [0, 0.1) is 0 Å². The summed E-state index contributed by atoms with van der Waals surface area (Å²) in [6, 6.07) is 23.2. The molecule has 0 radical (unpaired) electrons. The Balaban J connectivity index is 1.83. The lowest BCUT2D eigenvalue weighted by atomic mass is 10.2. The van der Waals surface area contributed by atoms with Crippen LogP contribution < -0.4 is 10.1 Å². The van der Waals surface area contributed by atoms with Gasteiger partial charge >= 0.3 is 0 Å². The fourth-order valence-corrected chi connectivity index (χ4v) is 4.33. The van der Waals surface area contributed by atoms with E-state index < -0.39 is 10.0 Å². The molecule has 0 spiro atoms. The molecule has 1 amide bonds. The molecule has 30 heavy (non-hydrogen) atoms. The van der Waals surface area contributed by atoms with Gasteiger partial charge in [0.1, 0.15) is 10.6 Å². The average Bonchev–Trinajstić information content (AvgIpc) is 2.78. The molecule has 3 aromatic rings. The largest absolute Gasteiger partial charge is 0.495 e. The maximum Gasteiger partial charge on any atom is 0.251 e. The van der Waals surface area contributed by atoms with Gasteiger partial charge in [-0.1, -0.05) is 60.7 Å². The van der Waals surface area contributed by atoms with Crippen LogP contribution in [0.2, 0.25) is 0 Å². The van der Waals surface area contributed by atoms with E-state index >= 15 is 0 Å². The molecule has 1 N–H and O–H groups in total. The zero-order valence-electron chi connectivity index (χ0n) is 16.9. The molecular formula is C23H24N2O4S. The van der Waals surface area contributed by atoms with Crippen molar-refractivity contribution < 1.29 is 17.9 Å². The van der Waals surface area contributed by atoms with Gasteiger partial charge in [0.25, 0.3) is 5.91 Å². The first-order chi connectivity index (χ1) is 14.4. The molecule has 3 rings (SSSR count). The van der Waals surface area contributed by atoms with Crippen molar-refractivity contribution in [3.8, 4) is 5.75 Å². The number of hydrogen-bond acceptors (Lipinski definition) is 4. The molecule has 0 aliphatic rings. The molecule has 0 fully saturated rings. The molecule has 0 saturated heterocycles. The van der Waals surface area contributed by atoms with Crippen LogP contribution in [-0.4, -0.2) is 32.8 Å². The highest BCUT2D eigenvalue weighted by molar-refractivity contribution is 7.89. The van der Waals surface area contributed by atoms with E-state index in [0.717, 1.165) is 11.1 Å². The van der Waals surface area contributed by atoms with Crippen LogP contribution in [-0.2, 0) is 23.1 Å². The fraction of sp³-hybridized carbons (Fsp3) is 0.174. The lowest BCUT2D eigenvalue weighted by Gasteiger charge is -2.19. The van der Waals surface area contributed by atoms with Gasteiger partial charge in [-0.3, -0.25) is 4.79 Å². The zero-order chi connectivity index (χ0) is 21.6. The van der Waals surface area contributed by atoms with Crippen LogP contribution >= 0.6 is 0 Å². The van der Waals surface area contributed by atoms with Gasteiger partial charge < -0.3 is 10.1 Å². The molecule has 6 nitrogen and oxygen atoms in total. The molecule has 7 heteroatoms. The summed E-state index contributed by atoms with van der Waals surface area (Å²) in [6.07, 6.45) is 0. The molecule has 0 unspecified atom stereocenters. The quantitative estimate of drug-likeness (QED) is 0.601. The van der Waals surface area contributed by atoms with E-state index in [1.165, 1.54) is 30.6 Å². The predicted octanol–water partition coefficient (Wildman–Crippen LogP) is 3.45. The number of nitrogens with zero attached hydrogens (tertiary/aromatic N) is 1. The molecule has 0 heterocycles. The van der Waals surface area contributed by atoms with Crippen LogP contribution in [0.5, 0.6) is 5.75 Å². The van der Waals surface area contributed by atoms with Crippen molar-refractivity contribution in [2.75, 3.05) is 14.2 Å². The van der Waals surface area contributed by atoms with E-state index in [-0.39, 0.29) is 28.7 Å². The number of nitrogens with one attached hydrogen (secondary N) is 1. The van der Waals surface area contributed by atoms with Gasteiger partial charge in [0, 0.05) is 25.7 Å². The Labute approximate surface area is 177 Å². The summed E-state index contributed by atoms with van der Waals surface area (Å²) in [5, 5.41) is 2.81. The topological polar surface area (TPSA) is 75.7 Å².